The molecule has 0 unspecified atom stereocenters. The summed E-state index contributed by atoms with van der Waals surface area (Å²) < 4.78 is 12.1. The van der Waals surface area contributed by atoms with Gasteiger partial charge in [-0.2, -0.15) is 0 Å². The summed E-state index contributed by atoms with van der Waals surface area (Å²) in [5.74, 6) is 1.84. The average molecular weight is 479 g/mol. The van der Waals surface area contributed by atoms with Gasteiger partial charge in [-0.3, -0.25) is 0 Å². The van der Waals surface area contributed by atoms with Crippen LogP contribution >= 0.6 is 0 Å². The monoisotopic (exact) mass is 478 g/mol. The molecular weight excluding hydrogens is 448 g/mol. The zero-order chi connectivity index (χ0) is 25.5. The highest BCUT2D eigenvalue weighted by molar-refractivity contribution is 5.66. The number of hydrogen-bond donors (Lipinski definition) is 0. The summed E-state index contributed by atoms with van der Waals surface area (Å²) in [5, 5.41) is 17.2. The van der Waals surface area contributed by atoms with Gasteiger partial charge in [0.15, 0.2) is 0 Å². The summed E-state index contributed by atoms with van der Waals surface area (Å²) >= 11 is 0. The fourth-order valence-corrected chi connectivity index (χ4v) is 3.94. The lowest BCUT2D eigenvalue weighted by molar-refractivity contribution is 0.578. The van der Waals surface area contributed by atoms with Crippen molar-refractivity contribution in [2.24, 2.45) is 0 Å². The molecule has 0 fully saturated rings. The summed E-state index contributed by atoms with van der Waals surface area (Å²) in [5.41, 5.74) is 5.85. The molecule has 6 nitrogen and oxygen atoms in total. The standard InChI is InChI=1S/C30H30N4O2/c1-29(2,3)23-14-8-12-21(17-23)27-33-31-25(35-27)19-10-7-11-20(16-19)26-32-34-28(36-26)22-13-9-15-24(18-22)30(4,5)6/h7-18H,1-6H3. The van der Waals surface area contributed by atoms with Crippen LogP contribution in [0.3, 0.4) is 0 Å². The van der Waals surface area contributed by atoms with Gasteiger partial charge in [-0.25, -0.2) is 0 Å². The molecule has 3 aromatic carbocycles. The molecule has 0 aliphatic carbocycles. The van der Waals surface area contributed by atoms with Crippen molar-refractivity contribution in [3.05, 3.63) is 83.9 Å². The Balaban J connectivity index is 1.42. The molecule has 0 amide bonds. The maximum atomic E-state index is 6.04. The van der Waals surface area contributed by atoms with Gasteiger partial charge in [0.1, 0.15) is 0 Å². The van der Waals surface area contributed by atoms with Gasteiger partial charge in [-0.1, -0.05) is 71.9 Å². The Bertz CT molecular complexity index is 1410. The molecule has 5 rings (SSSR count). The lowest BCUT2D eigenvalue weighted by atomic mass is 9.86. The SMILES string of the molecule is CC(C)(C)c1cccc(-c2nnc(-c3cccc(-c4nnc(-c5cccc(C(C)(C)C)c5)o4)c3)o2)c1. The average Bonchev–Trinajstić information content (AvgIpc) is 3.54. The lowest BCUT2D eigenvalue weighted by Crippen LogP contribution is -2.10. The lowest BCUT2D eigenvalue weighted by Gasteiger charge is -2.19. The second-order valence-corrected chi connectivity index (χ2v) is 11.1. The molecule has 2 aromatic heterocycles. The van der Waals surface area contributed by atoms with Crippen molar-refractivity contribution < 1.29 is 8.83 Å². The molecule has 0 aliphatic rings. The van der Waals surface area contributed by atoms with E-state index in [-0.39, 0.29) is 10.8 Å². The first-order valence-electron chi connectivity index (χ1n) is 12.1. The summed E-state index contributed by atoms with van der Waals surface area (Å²) in [7, 11) is 0. The Morgan fingerprint density at radius 1 is 0.444 bits per heavy atom. The van der Waals surface area contributed by atoms with Gasteiger partial charge in [0, 0.05) is 22.3 Å². The molecular formula is C30H30N4O2. The summed E-state index contributed by atoms with van der Waals surface area (Å²) in [6.45, 7) is 13.1. The van der Waals surface area contributed by atoms with E-state index in [0.717, 1.165) is 22.3 Å². The van der Waals surface area contributed by atoms with Gasteiger partial charge in [0.2, 0.25) is 23.6 Å². The highest BCUT2D eigenvalue weighted by atomic mass is 16.4. The summed E-state index contributed by atoms with van der Waals surface area (Å²) in [4.78, 5) is 0. The maximum Gasteiger partial charge on any atom is 0.248 e. The van der Waals surface area contributed by atoms with Crippen molar-refractivity contribution in [3.63, 3.8) is 0 Å². The maximum absolute atomic E-state index is 6.04. The Kier molecular flexibility index (Phi) is 5.83. The zero-order valence-corrected chi connectivity index (χ0v) is 21.5. The van der Waals surface area contributed by atoms with Crippen LogP contribution in [0.5, 0.6) is 0 Å². The molecule has 0 atom stereocenters. The largest absolute Gasteiger partial charge is 0.416 e. The minimum atomic E-state index is 0.0319. The van der Waals surface area contributed by atoms with Gasteiger partial charge in [0.25, 0.3) is 0 Å². The third-order valence-corrected chi connectivity index (χ3v) is 6.16. The van der Waals surface area contributed by atoms with E-state index in [1.54, 1.807) is 0 Å². The predicted molar refractivity (Wildman–Crippen MR) is 141 cm³/mol. The molecule has 0 saturated carbocycles. The summed E-state index contributed by atoms with van der Waals surface area (Å²) in [6.07, 6.45) is 0. The van der Waals surface area contributed by atoms with Gasteiger partial charge < -0.3 is 8.83 Å². The van der Waals surface area contributed by atoms with E-state index in [4.69, 9.17) is 8.83 Å². The Hall–Kier alpha value is -4.06. The molecule has 0 spiro atoms. The first-order valence-corrected chi connectivity index (χ1v) is 12.1. The smallest absolute Gasteiger partial charge is 0.248 e. The van der Waals surface area contributed by atoms with E-state index in [1.807, 2.05) is 48.5 Å². The van der Waals surface area contributed by atoms with Crippen molar-refractivity contribution in [2.45, 2.75) is 52.4 Å². The molecule has 36 heavy (non-hydrogen) atoms. The van der Waals surface area contributed by atoms with Gasteiger partial charge in [0.05, 0.1) is 0 Å². The number of rotatable bonds is 4. The van der Waals surface area contributed by atoms with Gasteiger partial charge >= 0.3 is 0 Å². The van der Waals surface area contributed by atoms with Crippen LogP contribution in [-0.4, -0.2) is 20.4 Å². The van der Waals surface area contributed by atoms with Crippen LogP contribution in [0.25, 0.3) is 45.8 Å². The van der Waals surface area contributed by atoms with Crippen LogP contribution in [0, 0.1) is 0 Å². The fourth-order valence-electron chi connectivity index (χ4n) is 3.94. The van der Waals surface area contributed by atoms with Crippen LogP contribution in [0.4, 0.5) is 0 Å². The van der Waals surface area contributed by atoms with Crippen molar-refractivity contribution in [3.8, 4) is 45.8 Å². The van der Waals surface area contributed by atoms with E-state index >= 15 is 0 Å². The highest BCUT2D eigenvalue weighted by Gasteiger charge is 2.19. The third kappa shape index (κ3) is 4.85. The Morgan fingerprint density at radius 3 is 1.08 bits per heavy atom. The Labute approximate surface area is 211 Å². The molecule has 0 saturated heterocycles. The van der Waals surface area contributed by atoms with Crippen LogP contribution in [-0.2, 0) is 10.8 Å². The van der Waals surface area contributed by atoms with Crippen LogP contribution in [0.15, 0.2) is 81.6 Å². The van der Waals surface area contributed by atoms with Crippen LogP contribution in [0.1, 0.15) is 52.7 Å². The molecule has 2 heterocycles. The molecule has 182 valence electrons. The first-order chi connectivity index (χ1) is 17.1. The van der Waals surface area contributed by atoms with Crippen LogP contribution < -0.4 is 0 Å². The van der Waals surface area contributed by atoms with E-state index in [2.05, 4.69) is 86.2 Å². The number of benzene rings is 3. The van der Waals surface area contributed by atoms with Crippen molar-refractivity contribution in [1.29, 1.82) is 0 Å². The van der Waals surface area contributed by atoms with Crippen molar-refractivity contribution in [2.75, 3.05) is 0 Å². The van der Waals surface area contributed by atoms with E-state index in [1.165, 1.54) is 11.1 Å². The molecule has 0 bridgehead atoms. The number of aromatic nitrogens is 4. The molecule has 0 radical (unpaired) electrons. The predicted octanol–water partition coefficient (Wildman–Crippen LogP) is 7.72. The zero-order valence-electron chi connectivity index (χ0n) is 21.5. The molecule has 0 N–H and O–H groups in total. The topological polar surface area (TPSA) is 77.8 Å². The fraction of sp³-hybridized carbons (Fsp3) is 0.267. The van der Waals surface area contributed by atoms with E-state index in [0.29, 0.717) is 23.6 Å². The second kappa shape index (κ2) is 8.86. The van der Waals surface area contributed by atoms with Gasteiger partial charge in [-0.15, -0.1) is 20.4 Å². The van der Waals surface area contributed by atoms with Gasteiger partial charge in [-0.05, 0) is 64.4 Å². The molecule has 5 aromatic rings. The van der Waals surface area contributed by atoms with E-state index in [9.17, 15) is 0 Å². The highest BCUT2D eigenvalue weighted by Crippen LogP contribution is 2.32. The van der Waals surface area contributed by atoms with E-state index < -0.39 is 0 Å². The molecule has 0 aliphatic heterocycles. The number of nitrogens with zero attached hydrogens (tertiary/aromatic N) is 4. The third-order valence-electron chi connectivity index (χ3n) is 6.16. The summed E-state index contributed by atoms with van der Waals surface area (Å²) in [6, 6.07) is 24.1. The second-order valence-electron chi connectivity index (χ2n) is 11.1. The first kappa shape index (κ1) is 23.7. The minimum Gasteiger partial charge on any atom is -0.416 e. The minimum absolute atomic E-state index is 0.0319. The number of hydrogen-bond acceptors (Lipinski definition) is 6. The normalized spacial score (nSPS) is 12.2. The Morgan fingerprint density at radius 2 is 0.750 bits per heavy atom. The van der Waals surface area contributed by atoms with Crippen molar-refractivity contribution in [1.82, 2.24) is 20.4 Å². The quantitative estimate of drug-likeness (QED) is 0.263. The molecule has 6 heteroatoms. The van der Waals surface area contributed by atoms with Crippen molar-refractivity contribution >= 4 is 0 Å². The van der Waals surface area contributed by atoms with Crippen LogP contribution in [0.2, 0.25) is 0 Å².